The maximum Gasteiger partial charge on any atom is 0.185 e. The van der Waals surface area contributed by atoms with E-state index in [1.807, 2.05) is 49.4 Å². The predicted octanol–water partition coefficient (Wildman–Crippen LogP) is 1.21. The quantitative estimate of drug-likeness (QED) is 0.568. The van der Waals surface area contributed by atoms with E-state index >= 15 is 0 Å². The van der Waals surface area contributed by atoms with E-state index in [2.05, 4.69) is 0 Å². The first-order valence-electron chi connectivity index (χ1n) is 3.95. The minimum absolute atomic E-state index is 0.353. The minimum atomic E-state index is 0.353. The first-order chi connectivity index (χ1) is 6.13. The minimum Gasteiger partial charge on any atom is -0.375 e. The highest BCUT2D eigenvalue weighted by atomic mass is 32.1. The molecule has 4 heteroatoms. The molecule has 0 aliphatic rings. The maximum absolute atomic E-state index is 5.49. The summed E-state index contributed by atoms with van der Waals surface area (Å²) < 4.78 is 0. The number of benzene rings is 1. The van der Waals surface area contributed by atoms with Crippen LogP contribution >= 0.6 is 12.2 Å². The first-order valence-corrected chi connectivity index (χ1v) is 4.35. The van der Waals surface area contributed by atoms with Crippen molar-refractivity contribution in [2.45, 2.75) is 0 Å². The zero-order chi connectivity index (χ0) is 9.84. The summed E-state index contributed by atoms with van der Waals surface area (Å²) in [5, 5.41) is 3.96. The Hall–Kier alpha value is -1.29. The van der Waals surface area contributed by atoms with E-state index in [4.69, 9.17) is 18.0 Å². The third-order valence-corrected chi connectivity index (χ3v) is 2.16. The highest BCUT2D eigenvalue weighted by molar-refractivity contribution is 7.80. The van der Waals surface area contributed by atoms with Crippen LogP contribution in [0.5, 0.6) is 0 Å². The molecule has 1 aromatic rings. The van der Waals surface area contributed by atoms with E-state index < -0.39 is 0 Å². The molecule has 0 saturated heterocycles. The molecule has 0 unspecified atom stereocenters. The van der Waals surface area contributed by atoms with Crippen molar-refractivity contribution in [1.29, 1.82) is 0 Å². The van der Waals surface area contributed by atoms with E-state index in [-0.39, 0.29) is 0 Å². The third-order valence-electron chi connectivity index (χ3n) is 1.90. The second kappa shape index (κ2) is 4.09. The molecule has 2 N–H and O–H groups in total. The topological polar surface area (TPSA) is 32.5 Å². The normalized spacial score (nSPS) is 9.38. The summed E-state index contributed by atoms with van der Waals surface area (Å²) in [7, 11) is 3.74. The number of thiocarbonyl (C=S) groups is 1. The van der Waals surface area contributed by atoms with Crippen LogP contribution in [-0.4, -0.2) is 24.2 Å². The van der Waals surface area contributed by atoms with Crippen LogP contribution < -0.4 is 10.7 Å². The van der Waals surface area contributed by atoms with Gasteiger partial charge in [0.25, 0.3) is 0 Å². The smallest absolute Gasteiger partial charge is 0.185 e. The van der Waals surface area contributed by atoms with Crippen LogP contribution in [-0.2, 0) is 0 Å². The van der Waals surface area contributed by atoms with Crippen molar-refractivity contribution in [3.05, 3.63) is 30.3 Å². The Morgan fingerprint density at radius 3 is 2.23 bits per heavy atom. The molecule has 0 saturated carbocycles. The first kappa shape index (κ1) is 9.80. The van der Waals surface area contributed by atoms with Crippen LogP contribution in [0.15, 0.2) is 30.3 Å². The number of nitrogens with zero attached hydrogens (tertiary/aromatic N) is 2. The van der Waals surface area contributed by atoms with Crippen molar-refractivity contribution >= 4 is 23.0 Å². The monoisotopic (exact) mass is 195 g/mol. The van der Waals surface area contributed by atoms with Gasteiger partial charge >= 0.3 is 0 Å². The second-order valence-electron chi connectivity index (χ2n) is 2.72. The summed E-state index contributed by atoms with van der Waals surface area (Å²) in [5.41, 5.74) is 6.54. The number of para-hydroxylation sites is 1. The summed E-state index contributed by atoms with van der Waals surface area (Å²) in [4.78, 5) is 0. The number of nitrogens with two attached hydrogens (primary N) is 1. The molecular formula is C9H13N3S. The van der Waals surface area contributed by atoms with Crippen molar-refractivity contribution in [2.24, 2.45) is 5.73 Å². The van der Waals surface area contributed by atoms with Crippen molar-refractivity contribution in [2.75, 3.05) is 19.1 Å². The molecule has 0 radical (unpaired) electrons. The maximum atomic E-state index is 5.49. The largest absolute Gasteiger partial charge is 0.375 e. The highest BCUT2D eigenvalue weighted by Gasteiger charge is 2.06. The molecule has 0 amide bonds. The fraction of sp³-hybridized carbons (Fsp3) is 0.222. The molecule has 1 rings (SSSR count). The second-order valence-corrected chi connectivity index (χ2v) is 3.14. The Morgan fingerprint density at radius 2 is 1.77 bits per heavy atom. The Labute approximate surface area is 83.7 Å². The fourth-order valence-electron chi connectivity index (χ4n) is 0.965. The summed E-state index contributed by atoms with van der Waals surface area (Å²) in [6.45, 7) is 0. The molecule has 70 valence electrons. The van der Waals surface area contributed by atoms with Gasteiger partial charge in [-0.3, -0.25) is 10.0 Å². The van der Waals surface area contributed by atoms with Gasteiger partial charge < -0.3 is 5.73 Å². The van der Waals surface area contributed by atoms with E-state index in [0.29, 0.717) is 5.11 Å². The average Bonchev–Trinajstić information content (AvgIpc) is 2.17. The van der Waals surface area contributed by atoms with Gasteiger partial charge in [0.1, 0.15) is 0 Å². The van der Waals surface area contributed by atoms with E-state index in [1.54, 1.807) is 5.01 Å². The zero-order valence-corrected chi connectivity index (χ0v) is 8.58. The lowest BCUT2D eigenvalue weighted by atomic mass is 10.3. The molecule has 0 heterocycles. The highest BCUT2D eigenvalue weighted by Crippen LogP contribution is 2.11. The van der Waals surface area contributed by atoms with Gasteiger partial charge in [-0.1, -0.05) is 18.2 Å². The lowest BCUT2D eigenvalue weighted by Crippen LogP contribution is -2.44. The predicted molar refractivity (Wildman–Crippen MR) is 59.4 cm³/mol. The van der Waals surface area contributed by atoms with Gasteiger partial charge in [0.15, 0.2) is 5.11 Å². The van der Waals surface area contributed by atoms with E-state index in [1.165, 1.54) is 0 Å². The van der Waals surface area contributed by atoms with Crippen molar-refractivity contribution < 1.29 is 0 Å². The Bertz CT molecular complexity index is 286. The van der Waals surface area contributed by atoms with Gasteiger partial charge in [-0.15, -0.1) is 0 Å². The van der Waals surface area contributed by atoms with Crippen LogP contribution in [0.1, 0.15) is 0 Å². The molecular weight excluding hydrogens is 182 g/mol. The van der Waals surface area contributed by atoms with Crippen molar-refractivity contribution in [3.63, 3.8) is 0 Å². The fourth-order valence-corrected chi connectivity index (χ4v) is 1.09. The molecule has 0 aromatic heterocycles. The summed E-state index contributed by atoms with van der Waals surface area (Å²) in [5.74, 6) is 0. The van der Waals surface area contributed by atoms with Crippen molar-refractivity contribution in [3.8, 4) is 0 Å². The SMILES string of the molecule is CN(C(N)=S)N(C)c1ccccc1. The molecule has 13 heavy (non-hydrogen) atoms. The van der Waals surface area contributed by atoms with Crippen LogP contribution in [0.4, 0.5) is 5.69 Å². The molecule has 0 atom stereocenters. The Morgan fingerprint density at radius 1 is 1.23 bits per heavy atom. The lowest BCUT2D eigenvalue weighted by molar-refractivity contribution is 0.496. The van der Waals surface area contributed by atoms with Gasteiger partial charge in [0.2, 0.25) is 0 Å². The molecule has 0 spiro atoms. The molecule has 1 aromatic carbocycles. The van der Waals surface area contributed by atoms with Crippen LogP contribution in [0, 0.1) is 0 Å². The molecule has 0 aliphatic carbocycles. The zero-order valence-electron chi connectivity index (χ0n) is 7.77. The number of rotatable bonds is 2. The van der Waals surface area contributed by atoms with Crippen molar-refractivity contribution in [1.82, 2.24) is 5.01 Å². The van der Waals surface area contributed by atoms with Gasteiger partial charge in [-0.2, -0.15) is 0 Å². The Balaban J connectivity index is 2.79. The van der Waals surface area contributed by atoms with Gasteiger partial charge in [-0.25, -0.2) is 0 Å². The number of hydrogen-bond acceptors (Lipinski definition) is 2. The molecule has 0 aliphatic heterocycles. The number of anilines is 1. The third kappa shape index (κ3) is 2.32. The standard InChI is InChI=1S/C9H13N3S/c1-11(12(2)9(10)13)8-6-4-3-5-7-8/h3-7H,1-2H3,(H2,10,13). The van der Waals surface area contributed by atoms with Crippen LogP contribution in [0.25, 0.3) is 0 Å². The molecule has 3 nitrogen and oxygen atoms in total. The summed E-state index contributed by atoms with van der Waals surface area (Å²) in [6.07, 6.45) is 0. The van der Waals surface area contributed by atoms with Crippen LogP contribution in [0.2, 0.25) is 0 Å². The lowest BCUT2D eigenvalue weighted by Gasteiger charge is -2.30. The Kier molecular flexibility index (Phi) is 3.08. The van der Waals surface area contributed by atoms with E-state index in [9.17, 15) is 0 Å². The van der Waals surface area contributed by atoms with Crippen LogP contribution in [0.3, 0.4) is 0 Å². The van der Waals surface area contributed by atoms with Gasteiger partial charge in [0, 0.05) is 14.1 Å². The van der Waals surface area contributed by atoms with Gasteiger partial charge in [-0.05, 0) is 24.4 Å². The van der Waals surface area contributed by atoms with Gasteiger partial charge in [0.05, 0.1) is 5.69 Å². The summed E-state index contributed by atoms with van der Waals surface area (Å²) in [6, 6.07) is 9.90. The van der Waals surface area contributed by atoms with E-state index in [0.717, 1.165) is 5.69 Å². The number of hydrogen-bond donors (Lipinski definition) is 1. The average molecular weight is 195 g/mol. The molecule has 0 bridgehead atoms. The summed E-state index contributed by atoms with van der Waals surface area (Å²) >= 11 is 4.86. The number of hydrazine groups is 1. The molecule has 0 fully saturated rings.